The smallest absolute Gasteiger partial charge is 0.329 e. The van der Waals surface area contributed by atoms with E-state index in [9.17, 15) is 19.2 Å². The molecule has 1 aromatic carbocycles. The van der Waals surface area contributed by atoms with Gasteiger partial charge in [0.15, 0.2) is 0 Å². The molecule has 3 aliphatic heterocycles. The first kappa shape index (κ1) is 23.3. The van der Waals surface area contributed by atoms with Crippen LogP contribution in [0.4, 0.5) is 0 Å². The molecule has 0 radical (unpaired) electrons. The van der Waals surface area contributed by atoms with Gasteiger partial charge in [-0.05, 0) is 31.4 Å². The molecule has 184 valence electrons. The zero-order chi connectivity index (χ0) is 24.6. The summed E-state index contributed by atoms with van der Waals surface area (Å²) in [7, 11) is 1.68. The molecule has 0 saturated carbocycles. The maximum absolute atomic E-state index is 13.1. The molecule has 4 heterocycles. The second-order valence-corrected chi connectivity index (χ2v) is 9.54. The fourth-order valence-corrected chi connectivity index (χ4v) is 5.41. The van der Waals surface area contributed by atoms with Crippen molar-refractivity contribution in [2.24, 2.45) is 7.05 Å². The molecule has 2 aromatic rings. The van der Waals surface area contributed by atoms with E-state index in [1.807, 2.05) is 18.2 Å². The van der Waals surface area contributed by atoms with Gasteiger partial charge in [-0.1, -0.05) is 17.9 Å². The third kappa shape index (κ3) is 4.37. The summed E-state index contributed by atoms with van der Waals surface area (Å²) in [5.41, 5.74) is 1.50. The number of fused-ring (bicyclic) bond motifs is 1. The molecule has 3 aliphatic rings. The van der Waals surface area contributed by atoms with Crippen molar-refractivity contribution >= 4 is 29.3 Å². The van der Waals surface area contributed by atoms with Gasteiger partial charge in [0.05, 0.1) is 35.3 Å². The minimum atomic E-state index is -0.720. The summed E-state index contributed by atoms with van der Waals surface area (Å²) in [5, 5.41) is 2.33. The van der Waals surface area contributed by atoms with Gasteiger partial charge < -0.3 is 9.64 Å². The van der Waals surface area contributed by atoms with E-state index in [1.165, 1.54) is 9.13 Å². The van der Waals surface area contributed by atoms with Crippen molar-refractivity contribution in [2.75, 3.05) is 39.3 Å². The van der Waals surface area contributed by atoms with E-state index >= 15 is 0 Å². The SMILES string of the molecule is Cn1c(=O)n(C2CCC(=O)NC2=O)c2cccc(C#CCN3CCOC4(CCN(C=O)CC4)C3)c21. The molecule has 1 unspecified atom stereocenters. The third-order valence-electron chi connectivity index (χ3n) is 7.34. The molecule has 0 aliphatic carbocycles. The molecular formula is C25H29N5O5. The van der Waals surface area contributed by atoms with E-state index in [1.54, 1.807) is 11.9 Å². The Kier molecular flexibility index (Phi) is 6.21. The number of nitrogens with one attached hydrogen (secondary N) is 1. The summed E-state index contributed by atoms with van der Waals surface area (Å²) >= 11 is 0. The molecule has 1 spiro atoms. The fourth-order valence-electron chi connectivity index (χ4n) is 5.41. The first-order valence-corrected chi connectivity index (χ1v) is 12.0. The molecular weight excluding hydrogens is 450 g/mol. The van der Waals surface area contributed by atoms with Crippen LogP contribution in [-0.4, -0.2) is 82.1 Å². The van der Waals surface area contributed by atoms with Gasteiger partial charge in [0.2, 0.25) is 18.2 Å². The van der Waals surface area contributed by atoms with Gasteiger partial charge in [0.1, 0.15) is 6.04 Å². The molecule has 1 atom stereocenters. The summed E-state index contributed by atoms with van der Waals surface area (Å²) in [6.45, 7) is 4.21. The van der Waals surface area contributed by atoms with Crippen molar-refractivity contribution in [2.45, 2.75) is 37.3 Å². The van der Waals surface area contributed by atoms with Crippen LogP contribution in [0.15, 0.2) is 23.0 Å². The molecule has 1 N–H and O–H groups in total. The second kappa shape index (κ2) is 9.32. The predicted molar refractivity (Wildman–Crippen MR) is 127 cm³/mol. The van der Waals surface area contributed by atoms with Crippen molar-refractivity contribution < 1.29 is 19.1 Å². The van der Waals surface area contributed by atoms with Gasteiger partial charge in [0, 0.05) is 39.6 Å². The molecule has 10 heteroatoms. The van der Waals surface area contributed by atoms with E-state index in [-0.39, 0.29) is 23.6 Å². The number of carbonyl (C=O) groups is 3. The van der Waals surface area contributed by atoms with Crippen LogP contribution >= 0.6 is 0 Å². The summed E-state index contributed by atoms with van der Waals surface area (Å²) in [6.07, 6.45) is 3.05. The number of para-hydroxylation sites is 1. The predicted octanol–water partition coefficient (Wildman–Crippen LogP) is -0.00760. The normalized spacial score (nSPS) is 22.7. The highest BCUT2D eigenvalue weighted by Crippen LogP contribution is 2.29. The number of ether oxygens (including phenoxy) is 1. The Morgan fingerprint density at radius 3 is 2.74 bits per heavy atom. The van der Waals surface area contributed by atoms with Crippen LogP contribution in [0.25, 0.3) is 11.0 Å². The Labute approximate surface area is 202 Å². The summed E-state index contributed by atoms with van der Waals surface area (Å²) < 4.78 is 9.12. The number of amides is 3. The Balaban J connectivity index is 1.36. The topological polar surface area (TPSA) is 106 Å². The number of imidazole rings is 1. The summed E-state index contributed by atoms with van der Waals surface area (Å²) in [4.78, 5) is 52.2. The quantitative estimate of drug-likeness (QED) is 0.377. The molecule has 3 saturated heterocycles. The largest absolute Gasteiger partial charge is 0.372 e. The lowest BCUT2D eigenvalue weighted by Gasteiger charge is -2.46. The van der Waals surface area contributed by atoms with Crippen LogP contribution in [0, 0.1) is 11.8 Å². The summed E-state index contributed by atoms with van der Waals surface area (Å²) in [6, 6.07) is 4.80. The number of rotatable bonds is 3. The number of hydrogen-bond acceptors (Lipinski definition) is 6. The average molecular weight is 480 g/mol. The molecule has 10 nitrogen and oxygen atoms in total. The molecule has 35 heavy (non-hydrogen) atoms. The minimum absolute atomic E-state index is 0.201. The van der Waals surface area contributed by atoms with Crippen molar-refractivity contribution in [3.8, 4) is 11.8 Å². The highest BCUT2D eigenvalue weighted by atomic mass is 16.5. The van der Waals surface area contributed by atoms with Gasteiger partial charge >= 0.3 is 5.69 Å². The highest BCUT2D eigenvalue weighted by Gasteiger charge is 2.39. The Morgan fingerprint density at radius 1 is 1.20 bits per heavy atom. The lowest BCUT2D eigenvalue weighted by atomic mass is 9.89. The lowest BCUT2D eigenvalue weighted by molar-refractivity contribution is -0.141. The zero-order valence-electron chi connectivity index (χ0n) is 19.8. The number of imide groups is 1. The van der Waals surface area contributed by atoms with Crippen molar-refractivity contribution in [3.05, 3.63) is 34.2 Å². The number of morpholine rings is 1. The van der Waals surface area contributed by atoms with Gasteiger partial charge in [-0.25, -0.2) is 4.79 Å². The second-order valence-electron chi connectivity index (χ2n) is 9.54. The van der Waals surface area contributed by atoms with Crippen LogP contribution in [-0.2, 0) is 26.2 Å². The van der Waals surface area contributed by atoms with E-state index in [0.717, 1.165) is 37.9 Å². The lowest BCUT2D eigenvalue weighted by Crippen LogP contribution is -2.56. The number of carbonyl (C=O) groups excluding carboxylic acids is 3. The maximum Gasteiger partial charge on any atom is 0.329 e. The molecule has 1 aromatic heterocycles. The van der Waals surface area contributed by atoms with Crippen LogP contribution in [0.1, 0.15) is 37.3 Å². The van der Waals surface area contributed by atoms with Gasteiger partial charge in [-0.2, -0.15) is 0 Å². The van der Waals surface area contributed by atoms with Crippen LogP contribution in [0.5, 0.6) is 0 Å². The molecule has 3 fully saturated rings. The van der Waals surface area contributed by atoms with Crippen molar-refractivity contribution in [1.82, 2.24) is 24.3 Å². The van der Waals surface area contributed by atoms with Gasteiger partial charge in [0.25, 0.3) is 0 Å². The first-order valence-electron chi connectivity index (χ1n) is 12.0. The number of aryl methyl sites for hydroxylation is 1. The number of benzene rings is 1. The molecule has 5 rings (SSSR count). The van der Waals surface area contributed by atoms with Crippen LogP contribution < -0.4 is 11.0 Å². The number of aromatic nitrogens is 2. The Bertz CT molecular complexity index is 1290. The molecule has 0 bridgehead atoms. The third-order valence-corrected chi connectivity index (χ3v) is 7.34. The van der Waals surface area contributed by atoms with E-state index in [4.69, 9.17) is 4.74 Å². The standard InChI is InChI=1S/C25H29N5O5/c1-27-22-18(4-2-6-19(22)30(24(27)34)20-7-8-21(32)26-23(20)33)5-3-11-28-14-15-35-25(16-28)9-12-29(17-31)13-10-25/h2,4,6,17,20H,7-16H2,1H3,(H,26,32,33). The van der Waals surface area contributed by atoms with Crippen molar-refractivity contribution in [1.29, 1.82) is 0 Å². The fraction of sp³-hybridized carbons (Fsp3) is 0.520. The zero-order valence-corrected chi connectivity index (χ0v) is 19.8. The number of likely N-dealkylation sites (tertiary alicyclic amines) is 1. The van der Waals surface area contributed by atoms with Gasteiger partial charge in [-0.3, -0.25) is 33.7 Å². The van der Waals surface area contributed by atoms with Crippen LogP contribution in [0.2, 0.25) is 0 Å². The minimum Gasteiger partial charge on any atom is -0.372 e. The maximum atomic E-state index is 13.1. The van der Waals surface area contributed by atoms with Crippen LogP contribution in [0.3, 0.4) is 0 Å². The Morgan fingerprint density at radius 2 is 2.00 bits per heavy atom. The monoisotopic (exact) mass is 479 g/mol. The number of piperidine rings is 2. The number of hydrogen-bond donors (Lipinski definition) is 1. The first-order chi connectivity index (χ1) is 16.9. The van der Waals surface area contributed by atoms with Gasteiger partial charge in [-0.15, -0.1) is 0 Å². The summed E-state index contributed by atoms with van der Waals surface area (Å²) in [5.74, 6) is 5.73. The average Bonchev–Trinajstić information content (AvgIpc) is 3.10. The van der Waals surface area contributed by atoms with E-state index in [2.05, 4.69) is 22.1 Å². The highest BCUT2D eigenvalue weighted by molar-refractivity contribution is 6.00. The molecule has 3 amide bonds. The van der Waals surface area contributed by atoms with E-state index < -0.39 is 11.9 Å². The van der Waals surface area contributed by atoms with E-state index in [0.29, 0.717) is 43.7 Å². The Hall–Kier alpha value is -3.42. The number of nitrogens with zero attached hydrogens (tertiary/aromatic N) is 4. The van der Waals surface area contributed by atoms with Crippen molar-refractivity contribution in [3.63, 3.8) is 0 Å².